The van der Waals surface area contributed by atoms with E-state index >= 15 is 0 Å². The molecule has 1 aromatic heterocycles. The summed E-state index contributed by atoms with van der Waals surface area (Å²) in [5, 5.41) is 10.7. The Labute approximate surface area is 194 Å². The summed E-state index contributed by atoms with van der Waals surface area (Å²) in [6.45, 7) is 4.69. The van der Waals surface area contributed by atoms with Gasteiger partial charge in [-0.15, -0.1) is 0 Å². The van der Waals surface area contributed by atoms with Crippen molar-refractivity contribution in [2.45, 2.75) is 31.5 Å². The maximum Gasteiger partial charge on any atom is 0.338 e. The number of carbonyl (C=O) groups excluding carboxylic acids is 1. The molecule has 9 nitrogen and oxygen atoms in total. The first-order valence-corrected chi connectivity index (χ1v) is 10.6. The Morgan fingerprint density at radius 3 is 2.50 bits per heavy atom. The molecule has 0 bridgehead atoms. The van der Waals surface area contributed by atoms with E-state index in [4.69, 9.17) is 14.2 Å². The number of hydrogen-bond donors (Lipinski definition) is 2. The van der Waals surface area contributed by atoms with E-state index in [0.29, 0.717) is 5.56 Å². The minimum Gasteiger partial charge on any atom is -0.491 e. The maximum absolute atomic E-state index is 12.6. The Hall–Kier alpha value is -3.95. The smallest absolute Gasteiger partial charge is 0.338 e. The van der Waals surface area contributed by atoms with Crippen molar-refractivity contribution < 1.29 is 24.1 Å². The largest absolute Gasteiger partial charge is 0.491 e. The molecular formula is C25H24N2O7. The van der Waals surface area contributed by atoms with Crippen LogP contribution < -0.4 is 11.2 Å². The quantitative estimate of drug-likeness (QED) is 0.406. The fraction of sp³-hybridized carbons (Fsp3) is 0.240. The third-order valence-corrected chi connectivity index (χ3v) is 5.61. The number of hydrogen-bond acceptors (Lipinski definition) is 7. The topological polar surface area (TPSA) is 120 Å². The number of rotatable bonds is 7. The first-order chi connectivity index (χ1) is 16.4. The molecule has 34 heavy (non-hydrogen) atoms. The van der Waals surface area contributed by atoms with Crippen LogP contribution in [-0.2, 0) is 14.2 Å². The Bertz CT molecular complexity index is 1280. The number of ether oxygens (including phenoxy) is 3. The molecule has 9 heteroatoms. The van der Waals surface area contributed by atoms with Crippen molar-refractivity contribution in [3.05, 3.63) is 106 Å². The number of H-pyrrole nitrogens is 1. The van der Waals surface area contributed by atoms with Gasteiger partial charge in [-0.1, -0.05) is 49.0 Å². The third-order valence-electron chi connectivity index (χ3n) is 5.61. The minimum absolute atomic E-state index is 0.281. The molecule has 1 saturated heterocycles. The number of aliphatic hydroxyl groups is 1. The van der Waals surface area contributed by atoms with E-state index in [-0.39, 0.29) is 12.2 Å². The van der Waals surface area contributed by atoms with Gasteiger partial charge in [-0.05, 0) is 30.2 Å². The predicted molar refractivity (Wildman–Crippen MR) is 123 cm³/mol. The molecule has 4 rings (SSSR count). The Morgan fingerprint density at radius 1 is 1.15 bits per heavy atom. The van der Waals surface area contributed by atoms with Crippen LogP contribution in [0.15, 0.2) is 83.2 Å². The van der Waals surface area contributed by atoms with Crippen LogP contribution in [0.25, 0.3) is 11.1 Å². The van der Waals surface area contributed by atoms with Crippen LogP contribution in [0.2, 0.25) is 0 Å². The fourth-order valence-electron chi connectivity index (χ4n) is 3.81. The predicted octanol–water partition coefficient (Wildman–Crippen LogP) is 2.16. The standard InChI is InChI=1S/C25H24N2O7/c1-3-32-21-20(28)19(34-23(21)27-22(29)15(2)13-26-25(27)31)14-33-24(30)18-11-9-17(10-12-18)16-7-5-4-6-8-16/h3-13,19-21,23,28H,1,14H2,2H3,(H,26,31)/t19-,20-,21-,23-/m1/s1. The number of benzene rings is 2. The molecule has 0 aliphatic carbocycles. The lowest BCUT2D eigenvalue weighted by Crippen LogP contribution is -2.43. The van der Waals surface area contributed by atoms with Gasteiger partial charge in [-0.2, -0.15) is 0 Å². The molecule has 0 radical (unpaired) electrons. The van der Waals surface area contributed by atoms with Crippen LogP contribution in [0.5, 0.6) is 0 Å². The molecule has 2 aromatic carbocycles. The normalized spacial score (nSPS) is 21.7. The summed E-state index contributed by atoms with van der Waals surface area (Å²) in [5.74, 6) is -0.606. The lowest BCUT2D eigenvalue weighted by molar-refractivity contribution is -0.0625. The van der Waals surface area contributed by atoms with Gasteiger partial charge >= 0.3 is 11.7 Å². The van der Waals surface area contributed by atoms with Gasteiger partial charge in [0.2, 0.25) is 0 Å². The molecule has 0 unspecified atom stereocenters. The van der Waals surface area contributed by atoms with E-state index < -0.39 is 41.8 Å². The van der Waals surface area contributed by atoms with Crippen molar-refractivity contribution in [3.63, 3.8) is 0 Å². The van der Waals surface area contributed by atoms with E-state index in [0.717, 1.165) is 22.0 Å². The lowest BCUT2D eigenvalue weighted by Gasteiger charge is -2.20. The second kappa shape index (κ2) is 9.90. The first-order valence-electron chi connectivity index (χ1n) is 10.6. The highest BCUT2D eigenvalue weighted by Gasteiger charge is 2.47. The summed E-state index contributed by atoms with van der Waals surface area (Å²) in [6.07, 6.45) is -2.29. The molecular weight excluding hydrogens is 440 g/mol. The second-order valence-electron chi connectivity index (χ2n) is 7.82. The van der Waals surface area contributed by atoms with Crippen LogP contribution in [0, 0.1) is 6.92 Å². The summed E-state index contributed by atoms with van der Waals surface area (Å²) >= 11 is 0. The molecule has 0 spiro atoms. The van der Waals surface area contributed by atoms with Gasteiger partial charge in [0.05, 0.1) is 11.8 Å². The minimum atomic E-state index is -1.29. The first kappa shape index (κ1) is 23.2. The molecule has 1 aliphatic rings. The van der Waals surface area contributed by atoms with Crippen molar-refractivity contribution in [2.24, 2.45) is 0 Å². The molecule has 2 N–H and O–H groups in total. The average molecular weight is 464 g/mol. The summed E-state index contributed by atoms with van der Waals surface area (Å²) in [6, 6.07) is 16.6. The van der Waals surface area contributed by atoms with Crippen molar-refractivity contribution >= 4 is 5.97 Å². The number of aromatic nitrogens is 2. The summed E-state index contributed by atoms with van der Waals surface area (Å²) in [4.78, 5) is 39.8. The van der Waals surface area contributed by atoms with Gasteiger partial charge in [0.1, 0.15) is 18.8 Å². The summed E-state index contributed by atoms with van der Waals surface area (Å²) in [5.41, 5.74) is 1.27. The lowest BCUT2D eigenvalue weighted by atomic mass is 10.0. The van der Waals surface area contributed by atoms with Crippen LogP contribution in [-0.4, -0.2) is 45.5 Å². The van der Waals surface area contributed by atoms with Gasteiger partial charge in [-0.25, -0.2) is 14.2 Å². The molecule has 1 fully saturated rings. The fourth-order valence-corrected chi connectivity index (χ4v) is 3.81. The molecule has 176 valence electrons. The summed E-state index contributed by atoms with van der Waals surface area (Å²) in [7, 11) is 0. The van der Waals surface area contributed by atoms with E-state index in [1.807, 2.05) is 42.5 Å². The van der Waals surface area contributed by atoms with Gasteiger partial charge in [0.25, 0.3) is 5.56 Å². The third kappa shape index (κ3) is 4.57. The van der Waals surface area contributed by atoms with Crippen molar-refractivity contribution in [2.75, 3.05) is 6.61 Å². The molecule has 4 atom stereocenters. The number of carbonyl (C=O) groups is 1. The van der Waals surface area contributed by atoms with Crippen molar-refractivity contribution in [1.29, 1.82) is 0 Å². The highest BCUT2D eigenvalue weighted by molar-refractivity contribution is 5.90. The molecule has 2 heterocycles. The highest BCUT2D eigenvalue weighted by Crippen LogP contribution is 2.31. The van der Waals surface area contributed by atoms with Gasteiger partial charge in [0.15, 0.2) is 12.3 Å². The van der Waals surface area contributed by atoms with Crippen LogP contribution in [0.1, 0.15) is 22.1 Å². The van der Waals surface area contributed by atoms with Gasteiger partial charge in [0, 0.05) is 11.8 Å². The Morgan fingerprint density at radius 2 is 1.82 bits per heavy atom. The molecule has 1 aliphatic heterocycles. The number of aryl methyl sites for hydroxylation is 1. The van der Waals surface area contributed by atoms with Crippen molar-refractivity contribution in [3.8, 4) is 11.1 Å². The van der Waals surface area contributed by atoms with Crippen molar-refractivity contribution in [1.82, 2.24) is 9.55 Å². The van der Waals surface area contributed by atoms with E-state index in [1.165, 1.54) is 13.1 Å². The molecule has 0 amide bonds. The SMILES string of the molecule is C=CO[C@@H]1[C@H](O)[C@@H](COC(=O)c2ccc(-c3ccccc3)cc2)O[C@H]1n1c(=O)[nH]cc(C)c1=O. The average Bonchev–Trinajstić information content (AvgIpc) is 3.16. The Kier molecular flexibility index (Phi) is 6.76. The number of aromatic amines is 1. The molecule has 3 aromatic rings. The Balaban J connectivity index is 1.47. The highest BCUT2D eigenvalue weighted by atomic mass is 16.6. The van der Waals surface area contributed by atoms with E-state index in [1.54, 1.807) is 12.1 Å². The number of esters is 1. The number of nitrogens with one attached hydrogen (secondary N) is 1. The van der Waals surface area contributed by atoms with Crippen LogP contribution in [0.4, 0.5) is 0 Å². The monoisotopic (exact) mass is 464 g/mol. The number of nitrogens with zero attached hydrogens (tertiary/aromatic N) is 1. The van der Waals surface area contributed by atoms with Crippen LogP contribution in [0.3, 0.4) is 0 Å². The zero-order chi connectivity index (χ0) is 24.2. The second-order valence-corrected chi connectivity index (χ2v) is 7.82. The maximum atomic E-state index is 12.6. The van der Waals surface area contributed by atoms with Gasteiger partial charge < -0.3 is 24.3 Å². The zero-order valence-electron chi connectivity index (χ0n) is 18.4. The van der Waals surface area contributed by atoms with E-state index in [2.05, 4.69) is 11.6 Å². The van der Waals surface area contributed by atoms with Crippen LogP contribution >= 0.6 is 0 Å². The summed E-state index contributed by atoms with van der Waals surface area (Å²) < 4.78 is 17.3. The zero-order valence-corrected chi connectivity index (χ0v) is 18.4. The molecule has 0 saturated carbocycles. The van der Waals surface area contributed by atoms with E-state index in [9.17, 15) is 19.5 Å². The van der Waals surface area contributed by atoms with Gasteiger partial charge in [-0.3, -0.25) is 4.79 Å². The number of aliphatic hydroxyl groups excluding tert-OH is 1.